The van der Waals surface area contributed by atoms with Crippen molar-refractivity contribution < 1.29 is 9.47 Å². The van der Waals surface area contributed by atoms with Crippen LogP contribution >= 0.6 is 0 Å². The summed E-state index contributed by atoms with van der Waals surface area (Å²) < 4.78 is 11.1. The number of aromatic nitrogens is 1. The number of nitrogens with zero attached hydrogens (tertiary/aromatic N) is 1. The molecule has 1 aromatic carbocycles. The summed E-state index contributed by atoms with van der Waals surface area (Å²) in [6.07, 6.45) is 4.70. The number of hydrogen-bond acceptors (Lipinski definition) is 4. The van der Waals surface area contributed by atoms with E-state index >= 15 is 0 Å². The second-order valence-electron chi connectivity index (χ2n) is 4.84. The van der Waals surface area contributed by atoms with E-state index < -0.39 is 0 Å². The molecular weight excluding hydrogens is 264 g/mol. The zero-order valence-corrected chi connectivity index (χ0v) is 12.6. The van der Waals surface area contributed by atoms with E-state index in [4.69, 9.17) is 9.47 Å². The summed E-state index contributed by atoms with van der Waals surface area (Å²) in [4.78, 5) is 4.17. The third kappa shape index (κ3) is 4.85. The lowest BCUT2D eigenvalue weighted by molar-refractivity contribution is 0.184. The van der Waals surface area contributed by atoms with Crippen LogP contribution in [0.4, 0.5) is 0 Å². The van der Waals surface area contributed by atoms with Gasteiger partial charge in [0.25, 0.3) is 0 Å². The van der Waals surface area contributed by atoms with Crippen LogP contribution in [-0.4, -0.2) is 18.6 Å². The van der Waals surface area contributed by atoms with Crippen LogP contribution in [-0.2, 0) is 17.9 Å². The zero-order chi connectivity index (χ0) is 14.9. The van der Waals surface area contributed by atoms with Crippen LogP contribution in [0.25, 0.3) is 0 Å². The summed E-state index contributed by atoms with van der Waals surface area (Å²) in [5.74, 6) is 1.65. The summed E-state index contributed by atoms with van der Waals surface area (Å²) in [6, 6.07) is 9.83. The minimum absolute atomic E-state index is 0.582. The first kappa shape index (κ1) is 15.5. The fourth-order valence-electron chi connectivity index (χ4n) is 2.04. The maximum atomic E-state index is 5.99. The van der Waals surface area contributed by atoms with Gasteiger partial charge in [-0.2, -0.15) is 0 Å². The van der Waals surface area contributed by atoms with Gasteiger partial charge >= 0.3 is 0 Å². The van der Waals surface area contributed by atoms with Gasteiger partial charge in [0.1, 0.15) is 11.5 Å². The van der Waals surface area contributed by atoms with Gasteiger partial charge in [0.15, 0.2) is 0 Å². The monoisotopic (exact) mass is 286 g/mol. The van der Waals surface area contributed by atoms with Gasteiger partial charge in [-0.25, -0.2) is 0 Å². The molecule has 1 heterocycles. The minimum atomic E-state index is 0.582. The summed E-state index contributed by atoms with van der Waals surface area (Å²) >= 11 is 0. The van der Waals surface area contributed by atoms with E-state index in [-0.39, 0.29) is 0 Å². The normalized spacial score (nSPS) is 10.6. The van der Waals surface area contributed by atoms with Crippen molar-refractivity contribution >= 4 is 0 Å². The Labute approximate surface area is 126 Å². The van der Waals surface area contributed by atoms with Crippen molar-refractivity contribution in [3.05, 3.63) is 53.9 Å². The van der Waals surface area contributed by atoms with Gasteiger partial charge in [-0.1, -0.05) is 19.1 Å². The lowest BCUT2D eigenvalue weighted by Crippen LogP contribution is -2.14. The van der Waals surface area contributed by atoms with Gasteiger partial charge in [-0.05, 0) is 36.7 Å². The van der Waals surface area contributed by atoms with E-state index in [1.807, 2.05) is 36.5 Å². The average Bonchev–Trinajstić information content (AvgIpc) is 2.50. The molecule has 2 rings (SSSR count). The Morgan fingerprint density at radius 2 is 2.14 bits per heavy atom. The smallest absolute Gasteiger partial charge is 0.134 e. The fraction of sp³-hybridized carbons (Fsp3) is 0.353. The number of hydrogen-bond donors (Lipinski definition) is 1. The molecule has 0 aliphatic heterocycles. The topological polar surface area (TPSA) is 43.4 Å². The molecule has 0 saturated carbocycles. The maximum absolute atomic E-state index is 5.99. The molecule has 0 amide bonds. The molecule has 1 N–H and O–H groups in total. The highest BCUT2D eigenvalue weighted by Gasteiger charge is 2.05. The standard InChI is InChI=1S/C17H22N2O2/c1-3-8-18-11-15-12-19-9-7-17(15)21-16-6-4-5-14(10-16)13-20-2/h4-7,9-10,12,18H,3,8,11,13H2,1-2H3. The van der Waals surface area contributed by atoms with Gasteiger partial charge in [0.2, 0.25) is 0 Å². The molecule has 0 spiro atoms. The zero-order valence-electron chi connectivity index (χ0n) is 12.6. The summed E-state index contributed by atoms with van der Waals surface area (Å²) in [6.45, 7) is 4.47. The second-order valence-corrected chi connectivity index (χ2v) is 4.84. The van der Waals surface area contributed by atoms with Crippen molar-refractivity contribution in [3.63, 3.8) is 0 Å². The highest BCUT2D eigenvalue weighted by Crippen LogP contribution is 2.25. The van der Waals surface area contributed by atoms with E-state index in [0.717, 1.165) is 42.1 Å². The van der Waals surface area contributed by atoms with Crippen molar-refractivity contribution in [1.82, 2.24) is 10.3 Å². The Morgan fingerprint density at radius 3 is 2.95 bits per heavy atom. The van der Waals surface area contributed by atoms with E-state index in [9.17, 15) is 0 Å². The van der Waals surface area contributed by atoms with Crippen molar-refractivity contribution in [2.24, 2.45) is 0 Å². The summed E-state index contributed by atoms with van der Waals surface area (Å²) in [7, 11) is 1.69. The van der Waals surface area contributed by atoms with Gasteiger partial charge in [0.05, 0.1) is 6.61 Å². The molecule has 1 aromatic heterocycles. The molecule has 21 heavy (non-hydrogen) atoms. The summed E-state index contributed by atoms with van der Waals surface area (Å²) in [5.41, 5.74) is 2.15. The fourth-order valence-corrected chi connectivity index (χ4v) is 2.04. The molecule has 0 aliphatic carbocycles. The van der Waals surface area contributed by atoms with Gasteiger partial charge in [0, 0.05) is 31.6 Å². The van der Waals surface area contributed by atoms with Crippen LogP contribution in [0.15, 0.2) is 42.7 Å². The summed E-state index contributed by atoms with van der Waals surface area (Å²) in [5, 5.41) is 3.37. The molecule has 0 bridgehead atoms. The second kappa shape index (κ2) is 8.39. The van der Waals surface area contributed by atoms with Crippen molar-refractivity contribution in [2.45, 2.75) is 26.5 Å². The van der Waals surface area contributed by atoms with Gasteiger partial charge in [-0.3, -0.25) is 4.98 Å². The number of pyridine rings is 1. The van der Waals surface area contributed by atoms with E-state index in [1.165, 1.54) is 0 Å². The molecule has 4 nitrogen and oxygen atoms in total. The molecule has 0 unspecified atom stereocenters. The van der Waals surface area contributed by atoms with Crippen LogP contribution in [0.5, 0.6) is 11.5 Å². The molecule has 0 fully saturated rings. The Balaban J connectivity index is 2.09. The lowest BCUT2D eigenvalue weighted by Gasteiger charge is -2.12. The average molecular weight is 286 g/mol. The molecule has 4 heteroatoms. The molecule has 2 aromatic rings. The van der Waals surface area contributed by atoms with Crippen LogP contribution < -0.4 is 10.1 Å². The quantitative estimate of drug-likeness (QED) is 0.754. The van der Waals surface area contributed by atoms with Crippen LogP contribution in [0.2, 0.25) is 0 Å². The highest BCUT2D eigenvalue weighted by atomic mass is 16.5. The number of rotatable bonds is 8. The van der Waals surface area contributed by atoms with E-state index in [1.54, 1.807) is 13.3 Å². The van der Waals surface area contributed by atoms with Gasteiger partial charge < -0.3 is 14.8 Å². The Kier molecular flexibility index (Phi) is 6.19. The Morgan fingerprint density at radius 1 is 1.24 bits per heavy atom. The highest BCUT2D eigenvalue weighted by molar-refractivity contribution is 5.37. The van der Waals surface area contributed by atoms with Gasteiger partial charge in [-0.15, -0.1) is 0 Å². The number of ether oxygens (including phenoxy) is 2. The molecule has 112 valence electrons. The predicted octanol–water partition coefficient (Wildman–Crippen LogP) is 3.52. The largest absolute Gasteiger partial charge is 0.457 e. The predicted molar refractivity (Wildman–Crippen MR) is 83.5 cm³/mol. The first-order valence-corrected chi connectivity index (χ1v) is 7.22. The molecule has 0 saturated heterocycles. The van der Waals surface area contributed by atoms with E-state index in [2.05, 4.69) is 17.2 Å². The first-order chi connectivity index (χ1) is 10.3. The third-order valence-corrected chi connectivity index (χ3v) is 3.04. The molecule has 0 atom stereocenters. The maximum Gasteiger partial charge on any atom is 0.134 e. The SMILES string of the molecule is CCCNCc1cnccc1Oc1cccc(COC)c1. The third-order valence-electron chi connectivity index (χ3n) is 3.04. The van der Waals surface area contributed by atoms with Crippen molar-refractivity contribution in [1.29, 1.82) is 0 Å². The van der Waals surface area contributed by atoms with Crippen molar-refractivity contribution in [2.75, 3.05) is 13.7 Å². The molecular formula is C17H22N2O2. The van der Waals surface area contributed by atoms with Crippen LogP contribution in [0.1, 0.15) is 24.5 Å². The Hall–Kier alpha value is -1.91. The molecule has 0 radical (unpaired) electrons. The lowest BCUT2D eigenvalue weighted by atomic mass is 10.2. The number of benzene rings is 1. The van der Waals surface area contributed by atoms with Crippen LogP contribution in [0, 0.1) is 0 Å². The Bertz CT molecular complexity index is 558. The molecule has 0 aliphatic rings. The van der Waals surface area contributed by atoms with E-state index in [0.29, 0.717) is 6.61 Å². The first-order valence-electron chi connectivity index (χ1n) is 7.22. The van der Waals surface area contributed by atoms with Crippen molar-refractivity contribution in [3.8, 4) is 11.5 Å². The number of methoxy groups -OCH3 is 1. The van der Waals surface area contributed by atoms with Crippen LogP contribution in [0.3, 0.4) is 0 Å². The number of nitrogens with one attached hydrogen (secondary N) is 1. The minimum Gasteiger partial charge on any atom is -0.457 e.